The highest BCUT2D eigenvalue weighted by Crippen LogP contribution is 2.27. The van der Waals surface area contributed by atoms with Gasteiger partial charge in [-0.3, -0.25) is 9.78 Å². The predicted molar refractivity (Wildman–Crippen MR) is 139 cm³/mol. The van der Waals surface area contributed by atoms with E-state index in [4.69, 9.17) is 21.2 Å². The monoisotopic (exact) mass is 549 g/mol. The van der Waals surface area contributed by atoms with Gasteiger partial charge < -0.3 is 14.9 Å². The van der Waals surface area contributed by atoms with E-state index in [1.807, 2.05) is 57.4 Å². The summed E-state index contributed by atoms with van der Waals surface area (Å²) in [5, 5.41) is 8.55. The SMILES string of the molecule is CSC(Oc1cc(C)c2ncc(Br)cc2c1)C(=O)NC(C)(C)/C=N/OCc1ccc(Cl)cc1. The standard InChI is InChI=1S/C24H25BrClN3O3S/c1-15-9-20(11-17-10-18(25)12-27-21(15)17)32-23(33-4)22(30)29-24(2,3)14-28-31-13-16-5-7-19(26)8-6-16/h5-12,14,23H,13H2,1-4H3,(H,29,30)/b28-14+. The molecule has 0 aliphatic carbocycles. The van der Waals surface area contributed by atoms with E-state index >= 15 is 0 Å². The molecule has 9 heteroatoms. The first-order valence-electron chi connectivity index (χ1n) is 10.2. The Morgan fingerprint density at radius 3 is 2.73 bits per heavy atom. The van der Waals surface area contributed by atoms with Crippen LogP contribution in [0, 0.1) is 6.92 Å². The number of fused-ring (bicyclic) bond motifs is 1. The van der Waals surface area contributed by atoms with Gasteiger partial charge in [-0.25, -0.2) is 0 Å². The molecule has 0 aliphatic rings. The van der Waals surface area contributed by atoms with E-state index in [0.29, 0.717) is 17.4 Å². The molecule has 1 heterocycles. The van der Waals surface area contributed by atoms with E-state index < -0.39 is 11.0 Å². The van der Waals surface area contributed by atoms with Crippen molar-refractivity contribution in [1.29, 1.82) is 0 Å². The summed E-state index contributed by atoms with van der Waals surface area (Å²) in [5.74, 6) is 0.342. The van der Waals surface area contributed by atoms with Gasteiger partial charge in [0.15, 0.2) is 0 Å². The van der Waals surface area contributed by atoms with Gasteiger partial charge in [0.25, 0.3) is 5.91 Å². The largest absolute Gasteiger partial charge is 0.470 e. The Morgan fingerprint density at radius 2 is 2.03 bits per heavy atom. The van der Waals surface area contributed by atoms with Crippen LogP contribution in [0.2, 0.25) is 5.02 Å². The highest BCUT2D eigenvalue weighted by molar-refractivity contribution is 9.10. The van der Waals surface area contributed by atoms with Gasteiger partial charge in [0.1, 0.15) is 12.4 Å². The number of pyridine rings is 1. The van der Waals surface area contributed by atoms with Crippen LogP contribution in [-0.2, 0) is 16.2 Å². The van der Waals surface area contributed by atoms with Crippen molar-refractivity contribution in [2.75, 3.05) is 6.26 Å². The highest BCUT2D eigenvalue weighted by atomic mass is 79.9. The van der Waals surface area contributed by atoms with Crippen LogP contribution in [0.3, 0.4) is 0 Å². The van der Waals surface area contributed by atoms with Gasteiger partial charge in [0.2, 0.25) is 5.44 Å². The number of thioether (sulfide) groups is 1. The Hall–Kier alpha value is -2.29. The molecule has 6 nitrogen and oxygen atoms in total. The first kappa shape index (κ1) is 25.3. The number of carbonyl (C=O) groups is 1. The molecule has 3 aromatic rings. The van der Waals surface area contributed by atoms with Gasteiger partial charge in [-0.2, -0.15) is 0 Å². The minimum absolute atomic E-state index is 0.262. The molecular formula is C24H25BrClN3O3S. The molecule has 1 N–H and O–H groups in total. The summed E-state index contributed by atoms with van der Waals surface area (Å²) in [7, 11) is 0. The molecule has 2 aromatic carbocycles. The van der Waals surface area contributed by atoms with Gasteiger partial charge in [-0.1, -0.05) is 28.9 Å². The molecule has 1 atom stereocenters. The van der Waals surface area contributed by atoms with Gasteiger partial charge in [-0.05, 0) is 84.4 Å². The Morgan fingerprint density at radius 1 is 1.30 bits per heavy atom. The van der Waals surface area contributed by atoms with E-state index in [9.17, 15) is 4.79 Å². The lowest BCUT2D eigenvalue weighted by Crippen LogP contribution is -2.49. The first-order chi connectivity index (χ1) is 15.7. The molecule has 0 bridgehead atoms. The number of ether oxygens (including phenoxy) is 1. The van der Waals surface area contributed by atoms with E-state index in [0.717, 1.165) is 26.5 Å². The minimum atomic E-state index is -0.734. The van der Waals surface area contributed by atoms with Crippen LogP contribution >= 0.6 is 39.3 Å². The van der Waals surface area contributed by atoms with E-state index in [-0.39, 0.29) is 5.91 Å². The van der Waals surface area contributed by atoms with Gasteiger partial charge >= 0.3 is 0 Å². The van der Waals surface area contributed by atoms with Crippen LogP contribution in [0.15, 0.2) is 58.3 Å². The van der Waals surface area contributed by atoms with E-state index in [2.05, 4.69) is 31.4 Å². The average Bonchev–Trinajstić information content (AvgIpc) is 2.75. The third-order valence-corrected chi connectivity index (χ3v) is 6.05. The van der Waals surface area contributed by atoms with Gasteiger partial charge in [-0.15, -0.1) is 11.8 Å². The zero-order chi connectivity index (χ0) is 24.0. The van der Waals surface area contributed by atoms with Crippen LogP contribution in [0.5, 0.6) is 5.75 Å². The maximum absolute atomic E-state index is 12.9. The van der Waals surface area contributed by atoms with E-state index in [1.54, 1.807) is 24.5 Å². The number of hydrogen-bond donors (Lipinski definition) is 1. The Bertz CT molecular complexity index is 1160. The highest BCUT2D eigenvalue weighted by Gasteiger charge is 2.26. The number of rotatable bonds is 9. The lowest BCUT2D eigenvalue weighted by atomic mass is 10.1. The number of halogens is 2. The summed E-state index contributed by atoms with van der Waals surface area (Å²) < 4.78 is 6.89. The van der Waals surface area contributed by atoms with Crippen LogP contribution in [0.25, 0.3) is 10.9 Å². The molecular weight excluding hydrogens is 526 g/mol. The molecule has 0 aliphatic heterocycles. The second-order valence-corrected chi connectivity index (χ2v) is 10.2. The zero-order valence-electron chi connectivity index (χ0n) is 18.8. The van der Waals surface area contributed by atoms with Crippen molar-refractivity contribution in [1.82, 2.24) is 10.3 Å². The smallest absolute Gasteiger partial charge is 0.272 e. The summed E-state index contributed by atoms with van der Waals surface area (Å²) >= 11 is 10.6. The molecule has 0 spiro atoms. The quantitative estimate of drug-likeness (QED) is 0.197. The molecule has 0 saturated carbocycles. The number of benzene rings is 2. The molecule has 1 unspecified atom stereocenters. The van der Waals surface area contributed by atoms with Crippen molar-refractivity contribution in [3.8, 4) is 5.75 Å². The van der Waals surface area contributed by atoms with Crippen LogP contribution < -0.4 is 10.1 Å². The average molecular weight is 551 g/mol. The topological polar surface area (TPSA) is 72.8 Å². The number of amides is 1. The van der Waals surface area contributed by atoms with Crippen molar-refractivity contribution < 1.29 is 14.4 Å². The Labute approximate surface area is 211 Å². The Balaban J connectivity index is 1.61. The first-order valence-corrected chi connectivity index (χ1v) is 12.6. The van der Waals surface area contributed by atoms with Gasteiger partial charge in [0.05, 0.1) is 17.3 Å². The summed E-state index contributed by atoms with van der Waals surface area (Å²) in [6.45, 7) is 5.94. The van der Waals surface area contributed by atoms with Crippen molar-refractivity contribution in [2.45, 2.75) is 38.4 Å². The normalized spacial score (nSPS) is 12.7. The van der Waals surface area contributed by atoms with Crippen LogP contribution in [0.4, 0.5) is 0 Å². The molecule has 0 saturated heterocycles. The molecule has 174 valence electrons. The lowest BCUT2D eigenvalue weighted by Gasteiger charge is -2.25. The van der Waals surface area contributed by atoms with Crippen LogP contribution in [0.1, 0.15) is 25.0 Å². The second kappa shape index (κ2) is 11.2. The van der Waals surface area contributed by atoms with Gasteiger partial charge in [0, 0.05) is 21.1 Å². The van der Waals surface area contributed by atoms with E-state index in [1.165, 1.54) is 11.8 Å². The van der Waals surface area contributed by atoms with Crippen molar-refractivity contribution in [2.24, 2.45) is 5.16 Å². The molecule has 33 heavy (non-hydrogen) atoms. The zero-order valence-corrected chi connectivity index (χ0v) is 21.9. The third-order valence-electron chi connectivity index (χ3n) is 4.62. The summed E-state index contributed by atoms with van der Waals surface area (Å²) in [6.07, 6.45) is 5.14. The maximum Gasteiger partial charge on any atom is 0.272 e. The third kappa shape index (κ3) is 7.35. The number of nitrogens with zero attached hydrogens (tertiary/aromatic N) is 2. The molecule has 3 rings (SSSR count). The fourth-order valence-electron chi connectivity index (χ4n) is 3.04. The number of oxime groups is 1. The second-order valence-electron chi connectivity index (χ2n) is 8.00. The molecule has 0 radical (unpaired) electrons. The van der Waals surface area contributed by atoms with Crippen molar-refractivity contribution in [3.05, 3.63) is 69.3 Å². The molecule has 0 fully saturated rings. The van der Waals surface area contributed by atoms with Crippen molar-refractivity contribution in [3.63, 3.8) is 0 Å². The summed E-state index contributed by atoms with van der Waals surface area (Å²) in [6, 6.07) is 13.1. The minimum Gasteiger partial charge on any atom is -0.470 e. The van der Waals surface area contributed by atoms with Crippen molar-refractivity contribution >= 4 is 62.3 Å². The summed E-state index contributed by atoms with van der Waals surface area (Å²) in [4.78, 5) is 22.7. The number of nitrogens with one attached hydrogen (secondary N) is 1. The summed E-state index contributed by atoms with van der Waals surface area (Å²) in [5.41, 5.74) is 1.35. The number of aryl methyl sites for hydroxylation is 1. The fourth-order valence-corrected chi connectivity index (χ4v) is 4.00. The lowest BCUT2D eigenvalue weighted by molar-refractivity contribution is -0.125. The fraction of sp³-hybridized carbons (Fsp3) is 0.292. The number of carbonyl (C=O) groups excluding carboxylic acids is 1. The predicted octanol–water partition coefficient (Wildman–Crippen LogP) is 6.12. The number of hydrogen-bond acceptors (Lipinski definition) is 6. The van der Waals surface area contributed by atoms with Crippen LogP contribution in [-0.4, -0.2) is 34.3 Å². The molecule has 1 aromatic heterocycles. The molecule has 1 amide bonds. The maximum atomic E-state index is 12.9. The number of aromatic nitrogens is 1. The Kier molecular flexibility index (Phi) is 8.62.